The number of piperidine rings is 1. The van der Waals surface area contributed by atoms with Crippen LogP contribution in [-0.2, 0) is 6.54 Å². The summed E-state index contributed by atoms with van der Waals surface area (Å²) in [6.07, 6.45) is 7.46. The second-order valence-electron chi connectivity index (χ2n) is 7.81. The van der Waals surface area contributed by atoms with Gasteiger partial charge in [-0.05, 0) is 49.8 Å². The number of para-hydroxylation sites is 1. The number of hydrogen-bond acceptors (Lipinski definition) is 6. The Balaban J connectivity index is 1.16. The van der Waals surface area contributed by atoms with E-state index in [1.54, 1.807) is 0 Å². The van der Waals surface area contributed by atoms with E-state index in [0.717, 1.165) is 48.9 Å². The number of nitrogens with zero attached hydrogens (tertiary/aromatic N) is 4. The molecule has 142 valence electrons. The van der Waals surface area contributed by atoms with Gasteiger partial charge >= 0.3 is 0 Å². The van der Waals surface area contributed by atoms with Gasteiger partial charge in [0.2, 0.25) is 12.7 Å². The lowest BCUT2D eigenvalue weighted by molar-refractivity contribution is 0.172. The van der Waals surface area contributed by atoms with E-state index in [1.165, 1.54) is 37.9 Å². The van der Waals surface area contributed by atoms with Crippen molar-refractivity contribution in [2.75, 3.05) is 37.9 Å². The molecule has 5 rings (SSSR count). The van der Waals surface area contributed by atoms with Crippen molar-refractivity contribution < 1.29 is 9.47 Å². The molecule has 0 amide bonds. The fourth-order valence-electron chi connectivity index (χ4n) is 4.77. The van der Waals surface area contributed by atoms with Gasteiger partial charge in [-0.1, -0.05) is 12.1 Å². The van der Waals surface area contributed by atoms with E-state index < -0.39 is 0 Å². The van der Waals surface area contributed by atoms with Crippen molar-refractivity contribution >= 4 is 5.95 Å². The Labute approximate surface area is 160 Å². The number of rotatable bonds is 4. The van der Waals surface area contributed by atoms with Crippen LogP contribution < -0.4 is 14.4 Å². The molecule has 0 radical (unpaired) electrons. The summed E-state index contributed by atoms with van der Waals surface area (Å²) in [4.78, 5) is 13.7. The molecule has 3 aliphatic rings. The normalized spacial score (nSPS) is 23.1. The van der Waals surface area contributed by atoms with E-state index in [0.29, 0.717) is 6.79 Å². The maximum atomic E-state index is 5.67. The zero-order valence-electron chi connectivity index (χ0n) is 15.6. The summed E-state index contributed by atoms with van der Waals surface area (Å²) < 4.78 is 11.2. The Kier molecular flexibility index (Phi) is 4.57. The quantitative estimate of drug-likeness (QED) is 0.829. The smallest absolute Gasteiger partial charge is 0.231 e. The highest BCUT2D eigenvalue weighted by Gasteiger charge is 2.33. The Bertz CT molecular complexity index is 777. The molecule has 4 heterocycles. The van der Waals surface area contributed by atoms with E-state index in [2.05, 4.69) is 31.9 Å². The lowest BCUT2D eigenvalue weighted by Crippen LogP contribution is -2.37. The van der Waals surface area contributed by atoms with Gasteiger partial charge in [0.25, 0.3) is 0 Å². The third kappa shape index (κ3) is 3.46. The summed E-state index contributed by atoms with van der Waals surface area (Å²) >= 11 is 0. The summed E-state index contributed by atoms with van der Waals surface area (Å²) in [6.45, 7) is 5.82. The molecule has 3 aliphatic heterocycles. The molecule has 0 saturated carbocycles. The van der Waals surface area contributed by atoms with Crippen molar-refractivity contribution in [1.82, 2.24) is 14.9 Å². The van der Waals surface area contributed by atoms with Crippen LogP contribution in [0.4, 0.5) is 5.95 Å². The molecule has 1 atom stereocenters. The van der Waals surface area contributed by atoms with Crippen LogP contribution in [0.2, 0.25) is 0 Å². The number of benzene rings is 1. The standard InChI is InChI=1S/C21H26N4O2/c1-3-18(20-19(4-1)26-15-27-20)14-24-10-5-17(13-24)16-6-11-25(12-7-16)21-22-8-2-9-23-21/h1-4,8-9,16-17H,5-7,10-15H2. The number of aromatic nitrogens is 2. The molecule has 2 fully saturated rings. The SMILES string of the molecule is c1cnc(N2CCC(C3CCN(Cc4cccc5c4OCO5)C3)CC2)nc1. The Morgan fingerprint density at radius 2 is 1.74 bits per heavy atom. The van der Waals surface area contributed by atoms with Crippen LogP contribution in [0.15, 0.2) is 36.7 Å². The summed E-state index contributed by atoms with van der Waals surface area (Å²) in [5.41, 5.74) is 1.25. The predicted molar refractivity (Wildman–Crippen MR) is 103 cm³/mol. The van der Waals surface area contributed by atoms with Gasteiger partial charge in [0.1, 0.15) is 0 Å². The first-order valence-corrected chi connectivity index (χ1v) is 9.98. The first kappa shape index (κ1) is 16.8. The van der Waals surface area contributed by atoms with E-state index in [4.69, 9.17) is 9.47 Å². The fraction of sp³-hybridized carbons (Fsp3) is 0.524. The second-order valence-corrected chi connectivity index (χ2v) is 7.81. The summed E-state index contributed by atoms with van der Waals surface area (Å²) in [5.74, 6) is 4.33. The van der Waals surface area contributed by atoms with Gasteiger partial charge in [-0.25, -0.2) is 9.97 Å². The van der Waals surface area contributed by atoms with Gasteiger partial charge < -0.3 is 14.4 Å². The van der Waals surface area contributed by atoms with Crippen molar-refractivity contribution in [2.24, 2.45) is 11.8 Å². The fourth-order valence-corrected chi connectivity index (χ4v) is 4.77. The maximum Gasteiger partial charge on any atom is 0.231 e. The highest BCUT2D eigenvalue weighted by atomic mass is 16.7. The van der Waals surface area contributed by atoms with Gasteiger partial charge in [0, 0.05) is 44.1 Å². The molecule has 2 saturated heterocycles. The topological polar surface area (TPSA) is 50.7 Å². The summed E-state index contributed by atoms with van der Waals surface area (Å²) in [5, 5.41) is 0. The molecule has 27 heavy (non-hydrogen) atoms. The highest BCUT2D eigenvalue weighted by molar-refractivity contribution is 5.48. The lowest BCUT2D eigenvalue weighted by atomic mass is 9.84. The lowest BCUT2D eigenvalue weighted by Gasteiger charge is -2.34. The third-order valence-corrected chi connectivity index (χ3v) is 6.22. The van der Waals surface area contributed by atoms with E-state index in [-0.39, 0.29) is 0 Å². The Morgan fingerprint density at radius 1 is 0.926 bits per heavy atom. The maximum absolute atomic E-state index is 5.67. The van der Waals surface area contributed by atoms with E-state index >= 15 is 0 Å². The van der Waals surface area contributed by atoms with Crippen LogP contribution in [0.3, 0.4) is 0 Å². The molecule has 0 spiro atoms. The average Bonchev–Trinajstić information content (AvgIpc) is 3.39. The van der Waals surface area contributed by atoms with Crippen LogP contribution >= 0.6 is 0 Å². The largest absolute Gasteiger partial charge is 0.454 e. The molecule has 1 aromatic heterocycles. The zero-order valence-corrected chi connectivity index (χ0v) is 15.6. The molecule has 0 N–H and O–H groups in total. The molecular formula is C21H26N4O2. The van der Waals surface area contributed by atoms with Crippen molar-refractivity contribution in [3.8, 4) is 11.5 Å². The molecule has 2 aromatic rings. The summed E-state index contributed by atoms with van der Waals surface area (Å²) in [7, 11) is 0. The molecular weight excluding hydrogens is 340 g/mol. The highest BCUT2D eigenvalue weighted by Crippen LogP contribution is 2.38. The van der Waals surface area contributed by atoms with Gasteiger partial charge in [0.05, 0.1) is 0 Å². The molecule has 1 unspecified atom stereocenters. The number of ether oxygens (including phenoxy) is 2. The van der Waals surface area contributed by atoms with E-state index in [1.807, 2.05) is 24.5 Å². The summed E-state index contributed by atoms with van der Waals surface area (Å²) in [6, 6.07) is 8.10. The second kappa shape index (κ2) is 7.35. The van der Waals surface area contributed by atoms with Crippen molar-refractivity contribution in [3.63, 3.8) is 0 Å². The molecule has 0 bridgehead atoms. The van der Waals surface area contributed by atoms with Crippen LogP contribution in [0.1, 0.15) is 24.8 Å². The Morgan fingerprint density at radius 3 is 2.59 bits per heavy atom. The molecule has 6 nitrogen and oxygen atoms in total. The number of anilines is 1. The van der Waals surface area contributed by atoms with E-state index in [9.17, 15) is 0 Å². The van der Waals surface area contributed by atoms with Crippen LogP contribution in [0.5, 0.6) is 11.5 Å². The average molecular weight is 366 g/mol. The van der Waals surface area contributed by atoms with Gasteiger partial charge in [-0.3, -0.25) is 4.90 Å². The molecule has 0 aliphatic carbocycles. The first-order valence-electron chi connectivity index (χ1n) is 9.98. The van der Waals surface area contributed by atoms with Crippen LogP contribution in [0, 0.1) is 11.8 Å². The molecule has 6 heteroatoms. The van der Waals surface area contributed by atoms with Crippen molar-refractivity contribution in [2.45, 2.75) is 25.8 Å². The van der Waals surface area contributed by atoms with Gasteiger partial charge in [-0.15, -0.1) is 0 Å². The molecule has 1 aromatic carbocycles. The van der Waals surface area contributed by atoms with Gasteiger partial charge in [-0.2, -0.15) is 0 Å². The predicted octanol–water partition coefficient (Wildman–Crippen LogP) is 2.94. The minimum atomic E-state index is 0.346. The van der Waals surface area contributed by atoms with Crippen LogP contribution in [-0.4, -0.2) is 47.8 Å². The van der Waals surface area contributed by atoms with Crippen LogP contribution in [0.25, 0.3) is 0 Å². The number of fused-ring (bicyclic) bond motifs is 1. The zero-order chi connectivity index (χ0) is 18.1. The minimum Gasteiger partial charge on any atom is -0.454 e. The Hall–Kier alpha value is -2.34. The monoisotopic (exact) mass is 366 g/mol. The third-order valence-electron chi connectivity index (χ3n) is 6.22. The minimum absolute atomic E-state index is 0.346. The van der Waals surface area contributed by atoms with Crippen molar-refractivity contribution in [3.05, 3.63) is 42.2 Å². The number of hydrogen-bond donors (Lipinski definition) is 0. The van der Waals surface area contributed by atoms with Gasteiger partial charge in [0.15, 0.2) is 11.5 Å². The van der Waals surface area contributed by atoms with Crippen molar-refractivity contribution in [1.29, 1.82) is 0 Å². The first-order chi connectivity index (χ1) is 13.4. The number of likely N-dealkylation sites (tertiary alicyclic amines) is 1.